The van der Waals surface area contributed by atoms with E-state index in [0.29, 0.717) is 5.56 Å². The second-order valence-corrected chi connectivity index (χ2v) is 5.25. The molecular formula is C13H15N3O5. The van der Waals surface area contributed by atoms with Crippen LogP contribution in [0.25, 0.3) is 0 Å². The molecule has 1 aliphatic rings. The lowest BCUT2D eigenvalue weighted by atomic mass is 10.0. The molecular weight excluding hydrogens is 278 g/mol. The minimum Gasteiger partial charge on any atom is -0.480 e. The molecule has 3 N–H and O–H groups in total. The van der Waals surface area contributed by atoms with Crippen LogP contribution in [0.2, 0.25) is 0 Å². The summed E-state index contributed by atoms with van der Waals surface area (Å²) < 4.78 is 0. The molecule has 1 heterocycles. The van der Waals surface area contributed by atoms with Crippen molar-refractivity contribution in [2.45, 2.75) is 18.9 Å². The molecule has 0 saturated carbocycles. The highest BCUT2D eigenvalue weighted by Crippen LogP contribution is 2.23. The van der Waals surface area contributed by atoms with E-state index < -0.39 is 22.3 Å². The minimum atomic E-state index is -1.45. The fraction of sp³-hybridized carbons (Fsp3) is 0.385. The number of aliphatic carboxylic acids is 1. The lowest BCUT2D eigenvalue weighted by Crippen LogP contribution is -2.50. The van der Waals surface area contributed by atoms with Crippen molar-refractivity contribution in [3.05, 3.63) is 39.4 Å². The molecule has 0 aromatic heterocycles. The second kappa shape index (κ2) is 5.13. The first-order chi connectivity index (χ1) is 9.73. The average molecular weight is 293 g/mol. The van der Waals surface area contributed by atoms with Gasteiger partial charge in [0.25, 0.3) is 11.6 Å². The van der Waals surface area contributed by atoms with Gasteiger partial charge in [-0.2, -0.15) is 0 Å². The Bertz CT molecular complexity index is 630. The lowest BCUT2D eigenvalue weighted by Gasteiger charge is -2.20. The van der Waals surface area contributed by atoms with Gasteiger partial charge >= 0.3 is 5.97 Å². The third-order valence-corrected chi connectivity index (χ3v) is 3.53. The molecule has 8 heteroatoms. The SMILES string of the molecule is Cc1cc(C(=O)N2CCC(N)(C(=O)O)C2)cc([N+](=O)[O-])c1. The molecule has 2 rings (SSSR count). The summed E-state index contributed by atoms with van der Waals surface area (Å²) in [5.74, 6) is -1.61. The summed E-state index contributed by atoms with van der Waals surface area (Å²) in [5, 5.41) is 19.9. The van der Waals surface area contributed by atoms with E-state index in [-0.39, 0.29) is 30.8 Å². The van der Waals surface area contributed by atoms with Gasteiger partial charge in [-0.05, 0) is 25.0 Å². The monoisotopic (exact) mass is 293 g/mol. The number of benzene rings is 1. The van der Waals surface area contributed by atoms with Gasteiger partial charge in [-0.3, -0.25) is 19.7 Å². The Labute approximate surface area is 120 Å². The van der Waals surface area contributed by atoms with Crippen LogP contribution in [-0.4, -0.2) is 45.4 Å². The molecule has 0 radical (unpaired) electrons. The molecule has 1 aromatic rings. The summed E-state index contributed by atoms with van der Waals surface area (Å²) in [4.78, 5) is 35.0. The standard InChI is InChI=1S/C13H15N3O5/c1-8-4-9(6-10(5-8)16(20)21)11(17)15-3-2-13(14,7-15)12(18)19/h4-6H,2-3,7,14H2,1H3,(H,18,19). The van der Waals surface area contributed by atoms with Crippen molar-refractivity contribution in [2.24, 2.45) is 5.73 Å². The summed E-state index contributed by atoms with van der Waals surface area (Å²) >= 11 is 0. The molecule has 112 valence electrons. The molecule has 1 aromatic carbocycles. The van der Waals surface area contributed by atoms with Gasteiger partial charge in [0.1, 0.15) is 5.54 Å². The van der Waals surface area contributed by atoms with Gasteiger partial charge < -0.3 is 15.7 Å². The summed E-state index contributed by atoms with van der Waals surface area (Å²) in [6, 6.07) is 4.09. The number of carbonyl (C=O) groups excluding carboxylic acids is 1. The van der Waals surface area contributed by atoms with Crippen LogP contribution in [0.1, 0.15) is 22.3 Å². The third kappa shape index (κ3) is 2.84. The number of hydrogen-bond donors (Lipinski definition) is 2. The molecule has 1 amide bonds. The van der Waals surface area contributed by atoms with Crippen LogP contribution in [0.4, 0.5) is 5.69 Å². The summed E-state index contributed by atoms with van der Waals surface area (Å²) in [7, 11) is 0. The van der Waals surface area contributed by atoms with E-state index in [4.69, 9.17) is 10.8 Å². The topological polar surface area (TPSA) is 127 Å². The first kappa shape index (κ1) is 14.9. The maximum atomic E-state index is 12.3. The summed E-state index contributed by atoms with van der Waals surface area (Å²) in [6.45, 7) is 1.75. The second-order valence-electron chi connectivity index (χ2n) is 5.25. The fourth-order valence-corrected chi connectivity index (χ4v) is 2.36. The number of carboxylic acids is 1. The number of nitro groups is 1. The van der Waals surface area contributed by atoms with E-state index in [1.807, 2.05) is 0 Å². The highest BCUT2D eigenvalue weighted by Gasteiger charge is 2.43. The van der Waals surface area contributed by atoms with Gasteiger partial charge in [0.05, 0.1) is 4.92 Å². The number of carboxylic acid groups (broad SMARTS) is 1. The summed E-state index contributed by atoms with van der Waals surface area (Å²) in [5.41, 5.74) is 4.84. The smallest absolute Gasteiger partial charge is 0.325 e. The molecule has 0 aliphatic carbocycles. The van der Waals surface area contributed by atoms with Crippen LogP contribution < -0.4 is 5.73 Å². The number of aryl methyl sites for hydroxylation is 1. The van der Waals surface area contributed by atoms with Gasteiger partial charge in [0.15, 0.2) is 0 Å². The van der Waals surface area contributed by atoms with E-state index in [1.54, 1.807) is 6.92 Å². The van der Waals surface area contributed by atoms with E-state index in [0.717, 1.165) is 0 Å². The number of non-ortho nitro benzene ring substituents is 1. The fourth-order valence-electron chi connectivity index (χ4n) is 2.36. The number of nitrogens with zero attached hydrogens (tertiary/aromatic N) is 2. The van der Waals surface area contributed by atoms with Crippen molar-refractivity contribution in [1.82, 2.24) is 4.90 Å². The van der Waals surface area contributed by atoms with Crippen LogP contribution >= 0.6 is 0 Å². The Morgan fingerprint density at radius 3 is 2.62 bits per heavy atom. The van der Waals surface area contributed by atoms with Gasteiger partial charge in [0, 0.05) is 30.8 Å². The number of carbonyl (C=O) groups is 2. The Balaban J connectivity index is 2.26. The van der Waals surface area contributed by atoms with Crippen LogP contribution in [-0.2, 0) is 4.79 Å². The number of nitrogens with two attached hydrogens (primary N) is 1. The first-order valence-electron chi connectivity index (χ1n) is 6.30. The van der Waals surface area contributed by atoms with Crippen LogP contribution in [0.3, 0.4) is 0 Å². The van der Waals surface area contributed by atoms with Crippen molar-refractivity contribution >= 4 is 17.6 Å². The van der Waals surface area contributed by atoms with E-state index in [1.165, 1.54) is 23.1 Å². The highest BCUT2D eigenvalue weighted by atomic mass is 16.6. The average Bonchev–Trinajstić information content (AvgIpc) is 2.81. The quantitative estimate of drug-likeness (QED) is 0.618. The normalized spacial score (nSPS) is 21.3. The predicted octanol–water partition coefficient (Wildman–Crippen LogP) is 0.531. The lowest BCUT2D eigenvalue weighted by molar-refractivity contribution is -0.384. The first-order valence-corrected chi connectivity index (χ1v) is 6.30. The zero-order valence-corrected chi connectivity index (χ0v) is 11.4. The molecule has 1 saturated heterocycles. The van der Waals surface area contributed by atoms with Crippen molar-refractivity contribution in [1.29, 1.82) is 0 Å². The predicted molar refractivity (Wildman–Crippen MR) is 72.9 cm³/mol. The van der Waals surface area contributed by atoms with Crippen molar-refractivity contribution in [3.63, 3.8) is 0 Å². The zero-order valence-electron chi connectivity index (χ0n) is 11.4. The Hall–Kier alpha value is -2.48. The van der Waals surface area contributed by atoms with Gasteiger partial charge in [0.2, 0.25) is 0 Å². The van der Waals surface area contributed by atoms with Crippen LogP contribution in [0, 0.1) is 17.0 Å². The number of hydrogen-bond acceptors (Lipinski definition) is 5. The minimum absolute atomic E-state index is 0.108. The molecule has 1 fully saturated rings. The molecule has 8 nitrogen and oxygen atoms in total. The molecule has 21 heavy (non-hydrogen) atoms. The van der Waals surface area contributed by atoms with Gasteiger partial charge in [-0.1, -0.05) is 0 Å². The zero-order chi connectivity index (χ0) is 15.8. The molecule has 0 bridgehead atoms. The van der Waals surface area contributed by atoms with E-state index in [2.05, 4.69) is 0 Å². The van der Waals surface area contributed by atoms with Crippen molar-refractivity contribution < 1.29 is 19.6 Å². The van der Waals surface area contributed by atoms with Crippen molar-refractivity contribution in [3.8, 4) is 0 Å². The molecule has 1 atom stereocenters. The molecule has 1 unspecified atom stereocenters. The number of likely N-dealkylation sites (tertiary alicyclic amines) is 1. The maximum Gasteiger partial charge on any atom is 0.325 e. The Morgan fingerprint density at radius 1 is 1.43 bits per heavy atom. The van der Waals surface area contributed by atoms with Gasteiger partial charge in [-0.15, -0.1) is 0 Å². The largest absolute Gasteiger partial charge is 0.480 e. The number of nitro benzene ring substituents is 1. The highest BCUT2D eigenvalue weighted by molar-refractivity contribution is 5.96. The number of rotatable bonds is 3. The third-order valence-electron chi connectivity index (χ3n) is 3.53. The maximum absolute atomic E-state index is 12.3. The van der Waals surface area contributed by atoms with Crippen molar-refractivity contribution in [2.75, 3.05) is 13.1 Å². The number of amides is 1. The van der Waals surface area contributed by atoms with Gasteiger partial charge in [-0.25, -0.2) is 0 Å². The Kier molecular flexibility index (Phi) is 3.65. The Morgan fingerprint density at radius 2 is 2.10 bits per heavy atom. The van der Waals surface area contributed by atoms with E-state index >= 15 is 0 Å². The van der Waals surface area contributed by atoms with E-state index in [9.17, 15) is 19.7 Å². The van der Waals surface area contributed by atoms with Crippen LogP contribution in [0.15, 0.2) is 18.2 Å². The van der Waals surface area contributed by atoms with Crippen LogP contribution in [0.5, 0.6) is 0 Å². The summed E-state index contributed by atoms with van der Waals surface area (Å²) in [6.07, 6.45) is 0.155. The molecule has 1 aliphatic heterocycles. The molecule has 0 spiro atoms.